The van der Waals surface area contributed by atoms with Crippen LogP contribution >= 0.6 is 0 Å². The molecule has 2 nitrogen and oxygen atoms in total. The summed E-state index contributed by atoms with van der Waals surface area (Å²) < 4.78 is 0.0143. The van der Waals surface area contributed by atoms with Gasteiger partial charge < -0.3 is 0 Å². The molecule has 0 spiro atoms. The summed E-state index contributed by atoms with van der Waals surface area (Å²) in [6, 6.07) is 0. The van der Waals surface area contributed by atoms with Gasteiger partial charge in [0.2, 0.25) is 0 Å². The molecule has 0 saturated heterocycles. The number of hydrogen-bond donors (Lipinski definition) is 1. The number of carboxylic acid groups (broad SMARTS) is 1. The topological polar surface area (TPSA) is 37.3 Å². The summed E-state index contributed by atoms with van der Waals surface area (Å²) in [7, 11) is 0. The molecule has 0 saturated carbocycles. The maximum atomic E-state index is 10.4. The van der Waals surface area contributed by atoms with Gasteiger partial charge in [-0.2, -0.15) is 0 Å². The number of carboxylic acids is 1. The molecule has 0 aromatic rings. The molecule has 9 heavy (non-hydrogen) atoms. The van der Waals surface area contributed by atoms with Gasteiger partial charge in [-0.3, -0.25) is 0 Å². The van der Waals surface area contributed by atoms with E-state index in [2.05, 4.69) is 0 Å². The average Bonchev–Trinajstić information content (AvgIpc) is 1.82. The normalized spacial score (nSPS) is 13.1. The van der Waals surface area contributed by atoms with Crippen LogP contribution in [0.4, 0.5) is 0 Å². The SMILES string of the molecule is CCCC([Te]C)C(=O)O. The van der Waals surface area contributed by atoms with E-state index < -0.39 is 5.97 Å². The van der Waals surface area contributed by atoms with Crippen molar-refractivity contribution >= 4 is 26.9 Å². The Balaban J connectivity index is 3.54. The second-order valence-electron chi connectivity index (χ2n) is 1.85. The third-order valence-electron chi connectivity index (χ3n) is 1.11. The van der Waals surface area contributed by atoms with Crippen LogP contribution in [-0.2, 0) is 4.79 Å². The maximum absolute atomic E-state index is 10.4. The van der Waals surface area contributed by atoms with Crippen molar-refractivity contribution in [3.63, 3.8) is 0 Å². The number of rotatable bonds is 4. The Labute approximate surface area is 65.7 Å². The molecule has 0 aliphatic carbocycles. The van der Waals surface area contributed by atoms with E-state index in [0.29, 0.717) is 0 Å². The Kier molecular flexibility index (Phi) is 5.22. The van der Waals surface area contributed by atoms with Crippen molar-refractivity contribution in [2.75, 3.05) is 0 Å². The third kappa shape index (κ3) is 3.77. The predicted octanol–water partition coefficient (Wildman–Crippen LogP) is 1.41. The van der Waals surface area contributed by atoms with Crippen LogP contribution in [0.3, 0.4) is 0 Å². The fourth-order valence-corrected chi connectivity index (χ4v) is 2.53. The molecule has 0 aliphatic heterocycles. The van der Waals surface area contributed by atoms with Crippen LogP contribution in [0.25, 0.3) is 0 Å². The molecule has 1 N–H and O–H groups in total. The zero-order valence-electron chi connectivity index (χ0n) is 5.76. The molecule has 0 fully saturated rings. The van der Waals surface area contributed by atoms with Gasteiger partial charge in [0.15, 0.2) is 0 Å². The fourth-order valence-electron chi connectivity index (χ4n) is 0.604. The van der Waals surface area contributed by atoms with Crippen LogP contribution < -0.4 is 0 Å². The second-order valence-corrected chi connectivity index (χ2v) is 4.82. The minimum absolute atomic E-state index is 0.0143. The van der Waals surface area contributed by atoms with Gasteiger partial charge >= 0.3 is 65.5 Å². The van der Waals surface area contributed by atoms with Crippen molar-refractivity contribution in [3.8, 4) is 0 Å². The summed E-state index contributed by atoms with van der Waals surface area (Å²) >= 11 is -0.261. The van der Waals surface area contributed by atoms with E-state index in [1.54, 1.807) is 0 Å². The molecule has 0 heterocycles. The van der Waals surface area contributed by atoms with Gasteiger partial charge in [0.25, 0.3) is 0 Å². The summed E-state index contributed by atoms with van der Waals surface area (Å²) in [4.78, 5) is 12.4. The molecule has 1 unspecified atom stereocenters. The van der Waals surface area contributed by atoms with Crippen LogP contribution in [0.1, 0.15) is 19.8 Å². The van der Waals surface area contributed by atoms with E-state index in [1.807, 2.05) is 11.9 Å². The molecule has 1 atom stereocenters. The first-order valence-electron chi connectivity index (χ1n) is 2.98. The second kappa shape index (κ2) is 5.08. The van der Waals surface area contributed by atoms with Crippen LogP contribution in [-0.4, -0.2) is 32.0 Å². The van der Waals surface area contributed by atoms with Gasteiger partial charge in [0.05, 0.1) is 0 Å². The van der Waals surface area contributed by atoms with E-state index in [1.165, 1.54) is 0 Å². The fraction of sp³-hybridized carbons (Fsp3) is 0.833. The molecule has 54 valence electrons. The molecule has 0 radical (unpaired) electrons. The first-order chi connectivity index (χ1) is 4.22. The number of hydrogen-bond acceptors (Lipinski definition) is 1. The number of aliphatic carboxylic acids is 1. The zero-order valence-corrected chi connectivity index (χ0v) is 8.09. The molecular formula is C6H12O2Te. The van der Waals surface area contributed by atoms with Gasteiger partial charge in [-0.15, -0.1) is 0 Å². The molecule has 0 amide bonds. The van der Waals surface area contributed by atoms with Crippen LogP contribution in [0.5, 0.6) is 0 Å². The molecule has 0 aromatic carbocycles. The van der Waals surface area contributed by atoms with Gasteiger partial charge in [-0.05, 0) is 0 Å². The molecule has 0 rings (SSSR count). The molecule has 3 heteroatoms. The van der Waals surface area contributed by atoms with E-state index in [4.69, 9.17) is 5.11 Å². The quantitative estimate of drug-likeness (QED) is 0.759. The third-order valence-corrected chi connectivity index (χ3v) is 3.98. The van der Waals surface area contributed by atoms with Gasteiger partial charge in [-0.1, -0.05) is 0 Å². The van der Waals surface area contributed by atoms with E-state index in [-0.39, 0.29) is 24.9 Å². The zero-order chi connectivity index (χ0) is 7.28. The van der Waals surface area contributed by atoms with Crippen molar-refractivity contribution < 1.29 is 9.90 Å². The van der Waals surface area contributed by atoms with Crippen molar-refractivity contribution in [3.05, 3.63) is 0 Å². The van der Waals surface area contributed by atoms with E-state index in [9.17, 15) is 4.79 Å². The Hall–Kier alpha value is 0.260. The Morgan fingerprint density at radius 2 is 2.33 bits per heavy atom. The molecular weight excluding hydrogens is 232 g/mol. The minimum atomic E-state index is -0.596. The van der Waals surface area contributed by atoms with Crippen molar-refractivity contribution in [2.24, 2.45) is 0 Å². The Bertz CT molecular complexity index is 93.1. The van der Waals surface area contributed by atoms with E-state index in [0.717, 1.165) is 12.8 Å². The van der Waals surface area contributed by atoms with Gasteiger partial charge in [0, 0.05) is 0 Å². The summed E-state index contributed by atoms with van der Waals surface area (Å²) in [6.07, 6.45) is 1.86. The monoisotopic (exact) mass is 246 g/mol. The summed E-state index contributed by atoms with van der Waals surface area (Å²) in [5, 5.41) is 8.54. The first-order valence-corrected chi connectivity index (χ1v) is 6.65. The average molecular weight is 244 g/mol. The van der Waals surface area contributed by atoms with Crippen molar-refractivity contribution in [2.45, 2.75) is 28.7 Å². The van der Waals surface area contributed by atoms with Crippen molar-refractivity contribution in [1.29, 1.82) is 0 Å². The predicted molar refractivity (Wildman–Crippen MR) is 37.9 cm³/mol. The molecule has 0 aliphatic rings. The Morgan fingerprint density at radius 3 is 2.44 bits per heavy atom. The molecule has 0 bridgehead atoms. The first kappa shape index (κ1) is 9.26. The van der Waals surface area contributed by atoms with Gasteiger partial charge in [0.1, 0.15) is 0 Å². The number of carbonyl (C=O) groups is 1. The van der Waals surface area contributed by atoms with Crippen LogP contribution in [0.15, 0.2) is 0 Å². The molecule has 0 aromatic heterocycles. The Morgan fingerprint density at radius 1 is 1.78 bits per heavy atom. The summed E-state index contributed by atoms with van der Waals surface area (Å²) in [5.74, 6) is -0.596. The van der Waals surface area contributed by atoms with Crippen LogP contribution in [0, 0.1) is 0 Å². The van der Waals surface area contributed by atoms with Crippen molar-refractivity contribution in [1.82, 2.24) is 0 Å². The summed E-state index contributed by atoms with van der Waals surface area (Å²) in [6.45, 7) is 2.03. The standard InChI is InChI=1S/C6H12O2Te/c1-3-4-5(9-2)6(7)8/h5H,3-4H2,1-2H3,(H,7,8). The van der Waals surface area contributed by atoms with Gasteiger partial charge in [-0.25, -0.2) is 0 Å². The summed E-state index contributed by atoms with van der Waals surface area (Å²) in [5.41, 5.74) is 0. The van der Waals surface area contributed by atoms with Crippen LogP contribution in [0.2, 0.25) is 8.94 Å². The van der Waals surface area contributed by atoms with E-state index >= 15 is 0 Å².